The summed E-state index contributed by atoms with van der Waals surface area (Å²) in [4.78, 5) is 82.0. The Kier molecular flexibility index (Phi) is 17.5. The van der Waals surface area contributed by atoms with Crippen LogP contribution in [0.15, 0.2) is 30.5 Å². The molecule has 1 aromatic carbocycles. The molecule has 1 aliphatic heterocycles. The lowest BCUT2D eigenvalue weighted by molar-refractivity contribution is -0.157. The molecule has 1 saturated carbocycles. The molecule has 0 bridgehead atoms. The number of carbonyl (C=O) groups excluding carboxylic acids is 5. The van der Waals surface area contributed by atoms with Gasteiger partial charge in [-0.2, -0.15) is 0 Å². The minimum absolute atomic E-state index is 0.0628. The number of rotatable bonds is 23. The minimum atomic E-state index is -1.12. The molecule has 2 aliphatic rings. The molecular weight excluding hydrogens is 737 g/mol. The Morgan fingerprint density at radius 3 is 2.10 bits per heavy atom. The van der Waals surface area contributed by atoms with Crippen molar-refractivity contribution < 1.29 is 39.0 Å². The second-order valence-electron chi connectivity index (χ2n) is 18.4. The number of piperidine rings is 1. The number of aromatic amines is 1. The Bertz CT molecular complexity index is 1700. The number of fused-ring (bicyclic) bond motifs is 1. The summed E-state index contributed by atoms with van der Waals surface area (Å²) in [5.74, 6) is -2.78. The van der Waals surface area contributed by atoms with E-state index in [1.165, 1.54) is 4.90 Å². The number of aromatic nitrogens is 1. The number of carbonyl (C=O) groups is 6. The zero-order chi connectivity index (χ0) is 42.6. The number of H-pyrrole nitrogens is 1. The largest absolute Gasteiger partial charge is 0.480 e. The molecule has 2 heterocycles. The maximum atomic E-state index is 13.3. The van der Waals surface area contributed by atoms with Crippen molar-refractivity contribution in [3.63, 3.8) is 0 Å². The number of hydrogen-bond acceptors (Lipinski definition) is 7. The van der Waals surface area contributed by atoms with Gasteiger partial charge in [-0.05, 0) is 75.3 Å². The normalized spacial score (nSPS) is 21.0. The Hall–Kier alpha value is -4.06. The van der Waals surface area contributed by atoms with Crippen LogP contribution in [0, 0.1) is 29.6 Å². The SMILES string of the molecule is CC(C)C(NC(=O)C(Cc1c[nH]c2ccccc12)NC(=O)CCCCCCCCCCCC(C)(C)N1C(=O)CC(CC(O)C2C[C@@H](C)C[C@H](C)C2=O)CC1=O)C(=O)O. The number of carboxylic acids is 1. The van der Waals surface area contributed by atoms with Gasteiger partial charge in [-0.25, -0.2) is 4.79 Å². The molecule has 1 aromatic heterocycles. The summed E-state index contributed by atoms with van der Waals surface area (Å²) in [6.45, 7) is 11.4. The van der Waals surface area contributed by atoms with Crippen molar-refractivity contribution in [2.24, 2.45) is 29.6 Å². The highest BCUT2D eigenvalue weighted by atomic mass is 16.4. The van der Waals surface area contributed by atoms with Crippen LogP contribution < -0.4 is 10.6 Å². The van der Waals surface area contributed by atoms with Crippen molar-refractivity contribution in [1.82, 2.24) is 20.5 Å². The van der Waals surface area contributed by atoms with E-state index in [4.69, 9.17) is 0 Å². The van der Waals surface area contributed by atoms with Crippen LogP contribution in [0.1, 0.15) is 150 Å². The monoisotopic (exact) mass is 807 g/mol. The number of amides is 4. The van der Waals surface area contributed by atoms with E-state index in [0.29, 0.717) is 25.2 Å². The van der Waals surface area contributed by atoms with Crippen LogP contribution in [0.2, 0.25) is 0 Å². The molecule has 2 aromatic rings. The Balaban J connectivity index is 1.10. The van der Waals surface area contributed by atoms with E-state index < -0.39 is 41.5 Å². The van der Waals surface area contributed by atoms with E-state index in [9.17, 15) is 39.0 Å². The highest BCUT2D eigenvalue weighted by molar-refractivity contribution is 5.99. The van der Waals surface area contributed by atoms with Gasteiger partial charge in [0.25, 0.3) is 0 Å². The smallest absolute Gasteiger partial charge is 0.326 e. The zero-order valence-electron chi connectivity index (χ0n) is 35.8. The number of imide groups is 1. The number of likely N-dealkylation sites (tertiary alicyclic amines) is 1. The van der Waals surface area contributed by atoms with Gasteiger partial charge in [0.15, 0.2) is 0 Å². The first kappa shape index (κ1) is 46.6. The lowest BCUT2D eigenvalue weighted by Gasteiger charge is -2.42. The Labute approximate surface area is 345 Å². The molecule has 58 heavy (non-hydrogen) atoms. The van der Waals surface area contributed by atoms with Crippen molar-refractivity contribution >= 4 is 46.3 Å². The zero-order valence-corrected chi connectivity index (χ0v) is 35.8. The molecular formula is C46H70N4O8. The number of aliphatic hydroxyl groups excluding tert-OH is 1. The van der Waals surface area contributed by atoms with Crippen molar-refractivity contribution in [2.45, 2.75) is 174 Å². The minimum Gasteiger partial charge on any atom is -0.480 e. The van der Waals surface area contributed by atoms with E-state index in [0.717, 1.165) is 80.7 Å². The maximum absolute atomic E-state index is 13.3. The molecule has 12 nitrogen and oxygen atoms in total. The number of para-hydroxylation sites is 1. The predicted octanol–water partition coefficient (Wildman–Crippen LogP) is 7.26. The Morgan fingerprint density at radius 1 is 0.879 bits per heavy atom. The number of unbranched alkanes of at least 4 members (excludes halogenated alkanes) is 8. The van der Waals surface area contributed by atoms with Gasteiger partial charge in [0, 0.05) is 60.2 Å². The van der Waals surface area contributed by atoms with Gasteiger partial charge < -0.3 is 25.8 Å². The summed E-state index contributed by atoms with van der Waals surface area (Å²) in [7, 11) is 0. The van der Waals surface area contributed by atoms with Gasteiger partial charge in [-0.1, -0.05) is 97.3 Å². The molecule has 4 rings (SSSR count). The van der Waals surface area contributed by atoms with E-state index >= 15 is 0 Å². The van der Waals surface area contributed by atoms with E-state index in [1.54, 1.807) is 13.8 Å². The topological polar surface area (TPSA) is 186 Å². The average Bonchev–Trinajstić information content (AvgIpc) is 3.55. The summed E-state index contributed by atoms with van der Waals surface area (Å²) in [5.41, 5.74) is 1.21. The van der Waals surface area contributed by atoms with Crippen LogP contribution in [0.5, 0.6) is 0 Å². The summed E-state index contributed by atoms with van der Waals surface area (Å²) >= 11 is 0. The number of Topliss-reactive ketones (excluding diaryl/α,β-unsaturated/α-hetero) is 1. The number of aliphatic hydroxyl groups is 1. The van der Waals surface area contributed by atoms with Crippen molar-refractivity contribution in [1.29, 1.82) is 0 Å². The molecule has 2 fully saturated rings. The third-order valence-corrected chi connectivity index (χ3v) is 12.5. The molecule has 322 valence electrons. The first-order valence-electron chi connectivity index (χ1n) is 21.9. The number of carboxylic acid groups (broad SMARTS) is 1. The van der Waals surface area contributed by atoms with Crippen molar-refractivity contribution in [3.05, 3.63) is 36.0 Å². The lowest BCUT2D eigenvalue weighted by Crippen LogP contribution is -2.55. The first-order valence-corrected chi connectivity index (χ1v) is 21.9. The van der Waals surface area contributed by atoms with E-state index in [1.807, 2.05) is 51.2 Å². The quantitative estimate of drug-likeness (QED) is 0.0574. The molecule has 0 radical (unpaired) electrons. The van der Waals surface area contributed by atoms with Crippen molar-refractivity contribution in [2.75, 3.05) is 0 Å². The van der Waals surface area contributed by atoms with Crippen LogP contribution in [-0.4, -0.2) is 79.2 Å². The van der Waals surface area contributed by atoms with Crippen LogP contribution >= 0.6 is 0 Å². The van der Waals surface area contributed by atoms with Gasteiger partial charge >= 0.3 is 5.97 Å². The van der Waals surface area contributed by atoms with Gasteiger partial charge in [0.2, 0.25) is 23.6 Å². The first-order chi connectivity index (χ1) is 27.5. The summed E-state index contributed by atoms with van der Waals surface area (Å²) in [6, 6.07) is 5.74. The third kappa shape index (κ3) is 13.2. The van der Waals surface area contributed by atoms with Gasteiger partial charge in [0.05, 0.1) is 6.10 Å². The summed E-state index contributed by atoms with van der Waals surface area (Å²) in [6.07, 6.45) is 13.3. The maximum Gasteiger partial charge on any atom is 0.326 e. The van der Waals surface area contributed by atoms with Crippen LogP contribution in [0.4, 0.5) is 0 Å². The van der Waals surface area contributed by atoms with E-state index in [-0.39, 0.29) is 66.9 Å². The van der Waals surface area contributed by atoms with Gasteiger partial charge in [-0.3, -0.25) is 28.9 Å². The number of hydrogen-bond donors (Lipinski definition) is 5. The number of nitrogens with zero attached hydrogens (tertiary/aromatic N) is 1. The summed E-state index contributed by atoms with van der Waals surface area (Å²) in [5, 5.41) is 27.0. The highest BCUT2D eigenvalue weighted by Gasteiger charge is 2.43. The second-order valence-corrected chi connectivity index (χ2v) is 18.4. The van der Waals surface area contributed by atoms with Crippen LogP contribution in [0.3, 0.4) is 0 Å². The Morgan fingerprint density at radius 2 is 1.48 bits per heavy atom. The predicted molar refractivity (Wildman–Crippen MR) is 224 cm³/mol. The fraction of sp³-hybridized carbons (Fsp3) is 0.696. The molecule has 4 unspecified atom stereocenters. The van der Waals surface area contributed by atoms with Gasteiger partial charge in [-0.15, -0.1) is 0 Å². The highest BCUT2D eigenvalue weighted by Crippen LogP contribution is 2.37. The molecule has 12 heteroatoms. The average molecular weight is 807 g/mol. The number of benzene rings is 1. The van der Waals surface area contributed by atoms with Crippen LogP contribution in [-0.2, 0) is 35.2 Å². The number of aliphatic carboxylic acids is 1. The number of nitrogens with one attached hydrogen (secondary N) is 3. The standard InChI is InChI=1S/C46H70N4O8/c1-29(2)42(45(57)58)49-44(56)37(27-33-28-47-36-19-16-15-18-34(33)36)48-39(52)20-14-12-10-8-7-9-11-13-17-21-46(5,6)50-40(53)25-32(26-41(50)54)24-38(51)35-23-30(3)22-31(4)43(35)55/h15-16,18-19,28-32,35,37-38,42,47,51H,7-14,17,20-27H2,1-6H3,(H,48,52)(H,49,56)(H,57,58)/t30-,31-,35?,37?,38?,42?/m0/s1. The van der Waals surface area contributed by atoms with Crippen molar-refractivity contribution in [3.8, 4) is 0 Å². The summed E-state index contributed by atoms with van der Waals surface area (Å²) < 4.78 is 0. The van der Waals surface area contributed by atoms with Gasteiger partial charge in [0.1, 0.15) is 17.9 Å². The lowest BCUT2D eigenvalue weighted by atomic mass is 9.71. The third-order valence-electron chi connectivity index (χ3n) is 12.5. The molecule has 1 aliphatic carbocycles. The van der Waals surface area contributed by atoms with E-state index in [2.05, 4.69) is 22.5 Å². The fourth-order valence-corrected chi connectivity index (χ4v) is 9.27. The molecule has 4 amide bonds. The second kappa shape index (κ2) is 21.8. The number of ketones is 1. The fourth-order valence-electron chi connectivity index (χ4n) is 9.27. The molecule has 0 spiro atoms. The molecule has 5 N–H and O–H groups in total. The molecule has 1 saturated heterocycles. The van der Waals surface area contributed by atoms with Crippen LogP contribution in [0.25, 0.3) is 10.9 Å². The molecule has 6 atom stereocenters.